The van der Waals surface area contributed by atoms with E-state index in [2.05, 4.69) is 25.5 Å². The normalized spacial score (nSPS) is 10.7. The molecule has 2 aromatic heterocycles. The number of para-hydroxylation sites is 1. The van der Waals surface area contributed by atoms with Crippen LogP contribution in [0.1, 0.15) is 11.5 Å². The van der Waals surface area contributed by atoms with E-state index in [1.165, 1.54) is 0 Å². The number of anilines is 1. The van der Waals surface area contributed by atoms with Crippen molar-refractivity contribution in [3.63, 3.8) is 0 Å². The molecule has 0 aliphatic carbocycles. The second-order valence-electron chi connectivity index (χ2n) is 4.66. The highest BCUT2D eigenvalue weighted by molar-refractivity contribution is 5.73. The molecule has 1 aromatic carbocycles. The molecular weight excluding hydrogens is 252 g/mol. The quantitative estimate of drug-likeness (QED) is 0.760. The first-order valence-electron chi connectivity index (χ1n) is 6.42. The van der Waals surface area contributed by atoms with Crippen LogP contribution in [0.2, 0.25) is 0 Å². The maximum absolute atomic E-state index is 4.19. The Labute approximate surface area is 116 Å². The molecule has 2 heterocycles. The third-order valence-corrected chi connectivity index (χ3v) is 3.10. The SMILES string of the molecule is Cc1ncc(CNc2ccccc2-c2nncn2C)[nH]1. The second-order valence-corrected chi connectivity index (χ2v) is 4.66. The van der Waals surface area contributed by atoms with Gasteiger partial charge in [-0.25, -0.2) is 4.98 Å². The molecule has 3 rings (SSSR count). The number of benzene rings is 1. The highest BCUT2D eigenvalue weighted by Crippen LogP contribution is 2.25. The number of imidazole rings is 1. The van der Waals surface area contributed by atoms with Crippen molar-refractivity contribution in [3.8, 4) is 11.4 Å². The van der Waals surface area contributed by atoms with Crippen LogP contribution >= 0.6 is 0 Å². The average molecular weight is 268 g/mol. The van der Waals surface area contributed by atoms with Crippen molar-refractivity contribution < 1.29 is 0 Å². The van der Waals surface area contributed by atoms with Crippen LogP contribution in [0.4, 0.5) is 5.69 Å². The molecule has 102 valence electrons. The lowest BCUT2D eigenvalue weighted by atomic mass is 10.1. The maximum Gasteiger partial charge on any atom is 0.165 e. The largest absolute Gasteiger partial charge is 0.379 e. The molecule has 0 radical (unpaired) electrons. The van der Waals surface area contributed by atoms with Crippen molar-refractivity contribution in [2.24, 2.45) is 7.05 Å². The Hall–Kier alpha value is -2.63. The number of rotatable bonds is 4. The monoisotopic (exact) mass is 268 g/mol. The fraction of sp³-hybridized carbons (Fsp3) is 0.214. The zero-order chi connectivity index (χ0) is 13.9. The zero-order valence-corrected chi connectivity index (χ0v) is 11.5. The third kappa shape index (κ3) is 2.40. The van der Waals surface area contributed by atoms with E-state index >= 15 is 0 Å². The van der Waals surface area contributed by atoms with Crippen LogP contribution in [-0.2, 0) is 13.6 Å². The summed E-state index contributed by atoms with van der Waals surface area (Å²) in [6, 6.07) is 8.06. The van der Waals surface area contributed by atoms with Gasteiger partial charge in [0.1, 0.15) is 12.2 Å². The summed E-state index contributed by atoms with van der Waals surface area (Å²) in [4.78, 5) is 7.40. The lowest BCUT2D eigenvalue weighted by Gasteiger charge is -2.10. The molecule has 0 atom stereocenters. The van der Waals surface area contributed by atoms with Crippen molar-refractivity contribution in [2.45, 2.75) is 13.5 Å². The molecule has 0 unspecified atom stereocenters. The molecule has 0 spiro atoms. The van der Waals surface area contributed by atoms with E-state index in [0.29, 0.717) is 6.54 Å². The highest BCUT2D eigenvalue weighted by atomic mass is 15.2. The predicted octanol–water partition coefficient (Wildman–Crippen LogP) is 2.13. The Bertz CT molecular complexity index is 712. The molecule has 0 saturated heterocycles. The summed E-state index contributed by atoms with van der Waals surface area (Å²) >= 11 is 0. The third-order valence-electron chi connectivity index (χ3n) is 3.10. The van der Waals surface area contributed by atoms with Crippen molar-refractivity contribution >= 4 is 5.69 Å². The van der Waals surface area contributed by atoms with Crippen molar-refractivity contribution in [2.75, 3.05) is 5.32 Å². The molecule has 0 aliphatic heterocycles. The van der Waals surface area contributed by atoms with Crippen molar-refractivity contribution in [3.05, 3.63) is 48.3 Å². The Morgan fingerprint density at radius 2 is 2.15 bits per heavy atom. The van der Waals surface area contributed by atoms with Gasteiger partial charge in [-0.05, 0) is 19.1 Å². The van der Waals surface area contributed by atoms with Crippen LogP contribution in [0, 0.1) is 6.92 Å². The highest BCUT2D eigenvalue weighted by Gasteiger charge is 2.09. The van der Waals surface area contributed by atoms with Crippen molar-refractivity contribution in [1.29, 1.82) is 0 Å². The van der Waals surface area contributed by atoms with E-state index in [9.17, 15) is 0 Å². The molecular formula is C14H16N6. The molecule has 0 fully saturated rings. The van der Waals surface area contributed by atoms with Gasteiger partial charge in [-0.1, -0.05) is 12.1 Å². The van der Waals surface area contributed by atoms with Gasteiger partial charge >= 0.3 is 0 Å². The zero-order valence-electron chi connectivity index (χ0n) is 11.5. The minimum atomic E-state index is 0.690. The molecule has 6 heteroatoms. The Morgan fingerprint density at radius 3 is 2.85 bits per heavy atom. The van der Waals surface area contributed by atoms with E-state index in [0.717, 1.165) is 28.6 Å². The molecule has 0 bridgehead atoms. The summed E-state index contributed by atoms with van der Waals surface area (Å²) in [5.74, 6) is 1.76. The average Bonchev–Trinajstić information content (AvgIpc) is 3.05. The van der Waals surface area contributed by atoms with E-state index < -0.39 is 0 Å². The minimum Gasteiger partial charge on any atom is -0.379 e. The summed E-state index contributed by atoms with van der Waals surface area (Å²) in [6.45, 7) is 2.63. The first-order chi connectivity index (χ1) is 9.74. The van der Waals surface area contributed by atoms with E-state index in [1.54, 1.807) is 6.33 Å². The van der Waals surface area contributed by atoms with E-state index in [1.807, 2.05) is 49.0 Å². The van der Waals surface area contributed by atoms with Crippen LogP contribution < -0.4 is 5.32 Å². The number of hydrogen-bond acceptors (Lipinski definition) is 4. The summed E-state index contributed by atoms with van der Waals surface area (Å²) < 4.78 is 1.90. The number of H-pyrrole nitrogens is 1. The lowest BCUT2D eigenvalue weighted by Crippen LogP contribution is -2.03. The first kappa shape index (κ1) is 12.4. The Balaban J connectivity index is 1.85. The Morgan fingerprint density at radius 1 is 1.30 bits per heavy atom. The number of aromatic nitrogens is 5. The fourth-order valence-corrected chi connectivity index (χ4v) is 2.11. The van der Waals surface area contributed by atoms with Gasteiger partial charge in [0.2, 0.25) is 0 Å². The van der Waals surface area contributed by atoms with Crippen molar-refractivity contribution in [1.82, 2.24) is 24.7 Å². The predicted molar refractivity (Wildman–Crippen MR) is 77.1 cm³/mol. The topological polar surface area (TPSA) is 71.4 Å². The molecule has 6 nitrogen and oxygen atoms in total. The number of nitrogens with one attached hydrogen (secondary N) is 2. The van der Waals surface area contributed by atoms with E-state index in [-0.39, 0.29) is 0 Å². The number of nitrogens with zero attached hydrogens (tertiary/aromatic N) is 4. The summed E-state index contributed by atoms with van der Waals surface area (Å²) in [7, 11) is 1.93. The molecule has 0 aliphatic rings. The smallest absolute Gasteiger partial charge is 0.165 e. The van der Waals surface area contributed by atoms with Crippen LogP contribution in [-0.4, -0.2) is 24.7 Å². The van der Waals surface area contributed by atoms with Gasteiger partial charge in [0.25, 0.3) is 0 Å². The lowest BCUT2D eigenvalue weighted by molar-refractivity contribution is 0.919. The molecule has 0 amide bonds. The van der Waals surface area contributed by atoms with Gasteiger partial charge in [-0.2, -0.15) is 0 Å². The van der Waals surface area contributed by atoms with Gasteiger partial charge in [-0.3, -0.25) is 0 Å². The number of hydrogen-bond donors (Lipinski definition) is 2. The minimum absolute atomic E-state index is 0.690. The van der Waals surface area contributed by atoms with Crippen LogP contribution in [0.25, 0.3) is 11.4 Å². The van der Waals surface area contributed by atoms with Gasteiger partial charge in [-0.15, -0.1) is 10.2 Å². The van der Waals surface area contributed by atoms with Gasteiger partial charge in [0, 0.05) is 18.3 Å². The van der Waals surface area contributed by atoms with Crippen LogP contribution in [0.3, 0.4) is 0 Å². The van der Waals surface area contributed by atoms with Crippen LogP contribution in [0.15, 0.2) is 36.8 Å². The molecule has 20 heavy (non-hydrogen) atoms. The van der Waals surface area contributed by atoms with E-state index in [4.69, 9.17) is 0 Å². The molecule has 0 saturated carbocycles. The van der Waals surface area contributed by atoms with Gasteiger partial charge in [0.15, 0.2) is 5.82 Å². The summed E-state index contributed by atoms with van der Waals surface area (Å²) in [6.07, 6.45) is 3.54. The maximum atomic E-state index is 4.19. The fourth-order valence-electron chi connectivity index (χ4n) is 2.11. The van der Waals surface area contributed by atoms with Crippen LogP contribution in [0.5, 0.6) is 0 Å². The summed E-state index contributed by atoms with van der Waals surface area (Å²) in [5.41, 5.74) is 3.11. The first-order valence-corrected chi connectivity index (χ1v) is 6.42. The molecule has 2 N–H and O–H groups in total. The standard InChI is InChI=1S/C14H16N6/c1-10-15-7-11(18-10)8-16-13-6-4-3-5-12(13)14-19-17-9-20(14)2/h3-7,9,16H,8H2,1-2H3,(H,15,18). The Kier molecular flexibility index (Phi) is 3.20. The molecule has 3 aromatic rings. The number of aromatic amines is 1. The second kappa shape index (κ2) is 5.16. The van der Waals surface area contributed by atoms with Gasteiger partial charge < -0.3 is 14.9 Å². The van der Waals surface area contributed by atoms with Gasteiger partial charge in [0.05, 0.1) is 18.4 Å². The summed E-state index contributed by atoms with van der Waals surface area (Å²) in [5, 5.41) is 11.5. The number of aryl methyl sites for hydroxylation is 2.